The number of nitrogens with two attached hydrogens (primary N) is 1. The summed E-state index contributed by atoms with van der Waals surface area (Å²) < 4.78 is 27.7. The zero-order valence-corrected chi connectivity index (χ0v) is 12.5. The van der Waals surface area contributed by atoms with Gasteiger partial charge in [0.05, 0.1) is 11.4 Å². The van der Waals surface area contributed by atoms with Crippen LogP contribution in [0.4, 0.5) is 0 Å². The van der Waals surface area contributed by atoms with E-state index in [9.17, 15) is 8.42 Å². The van der Waals surface area contributed by atoms with Crippen molar-refractivity contribution >= 4 is 33.8 Å². The molecule has 0 aliphatic carbocycles. The van der Waals surface area contributed by atoms with Crippen LogP contribution in [-0.2, 0) is 10.0 Å². The monoisotopic (exact) mass is 314 g/mol. The molecule has 1 unspecified atom stereocenters. The Bertz CT molecular complexity index is 640. The van der Waals surface area contributed by atoms with Gasteiger partial charge in [0.15, 0.2) is 0 Å². The lowest BCUT2D eigenvalue weighted by Crippen LogP contribution is -2.33. The average Bonchev–Trinajstić information content (AvgIpc) is 2.87. The molecular weight excluding hydrogens is 300 g/mol. The molecule has 0 radical (unpaired) electrons. The van der Waals surface area contributed by atoms with Crippen LogP contribution in [0.15, 0.2) is 38.7 Å². The number of rotatable bonds is 3. The molecule has 0 spiro atoms. The average molecular weight is 315 g/mol. The maximum atomic E-state index is 12.1. The minimum Gasteiger partial charge on any atom is -0.367 e. The van der Waals surface area contributed by atoms with Gasteiger partial charge in [-0.2, -0.15) is 13.5 Å². The maximum absolute atomic E-state index is 12.1. The topological polar surface area (TPSA) is 88.1 Å². The van der Waals surface area contributed by atoms with E-state index in [1.165, 1.54) is 29.3 Å². The summed E-state index contributed by atoms with van der Waals surface area (Å²) in [5, 5.41) is 5.89. The highest BCUT2D eigenvalue weighted by Gasteiger charge is 2.21. The molecule has 1 atom stereocenters. The Balaban J connectivity index is 2.21. The van der Waals surface area contributed by atoms with E-state index >= 15 is 0 Å². The first kappa shape index (κ1) is 14.8. The summed E-state index contributed by atoms with van der Waals surface area (Å²) in [7, 11) is -3.85. The molecule has 1 aliphatic heterocycles. The first-order valence-corrected chi connectivity index (χ1v) is 7.92. The van der Waals surface area contributed by atoms with Crippen LogP contribution < -0.4 is 5.73 Å². The quantitative estimate of drug-likeness (QED) is 0.679. The van der Waals surface area contributed by atoms with Gasteiger partial charge in [-0.15, -0.1) is 4.40 Å². The molecule has 20 heavy (non-hydrogen) atoms. The summed E-state index contributed by atoms with van der Waals surface area (Å²) in [5.74, 6) is 0.133. The molecule has 0 bridgehead atoms. The Labute approximate surface area is 123 Å². The van der Waals surface area contributed by atoms with Crippen LogP contribution in [0.1, 0.15) is 13.3 Å². The van der Waals surface area contributed by atoms with Crippen molar-refractivity contribution in [2.24, 2.45) is 21.2 Å². The van der Waals surface area contributed by atoms with Crippen molar-refractivity contribution in [2.75, 3.05) is 6.54 Å². The maximum Gasteiger partial charge on any atom is 0.285 e. The van der Waals surface area contributed by atoms with Gasteiger partial charge in [0.2, 0.25) is 5.96 Å². The van der Waals surface area contributed by atoms with E-state index in [2.05, 4.69) is 9.50 Å². The summed E-state index contributed by atoms with van der Waals surface area (Å²) in [6.45, 7) is 2.57. The third kappa shape index (κ3) is 3.29. The smallest absolute Gasteiger partial charge is 0.285 e. The molecule has 2 N–H and O–H groups in total. The Hall–Kier alpha value is -1.60. The first-order chi connectivity index (χ1) is 9.42. The minimum absolute atomic E-state index is 0.0417. The van der Waals surface area contributed by atoms with E-state index in [1.807, 2.05) is 6.92 Å². The molecule has 2 rings (SSSR count). The predicted octanol–water partition coefficient (Wildman–Crippen LogP) is 1.67. The molecule has 0 aromatic heterocycles. The third-order valence-electron chi connectivity index (χ3n) is 2.94. The number of sulfonamides is 1. The Morgan fingerprint density at radius 1 is 1.50 bits per heavy atom. The van der Waals surface area contributed by atoms with E-state index in [0.29, 0.717) is 11.6 Å². The highest BCUT2D eigenvalue weighted by atomic mass is 35.5. The lowest BCUT2D eigenvalue weighted by Gasteiger charge is -2.13. The highest BCUT2D eigenvalue weighted by molar-refractivity contribution is 7.90. The van der Waals surface area contributed by atoms with Gasteiger partial charge in [-0.3, -0.25) is 0 Å². The van der Waals surface area contributed by atoms with Crippen molar-refractivity contribution in [3.63, 3.8) is 0 Å². The zero-order chi connectivity index (χ0) is 14.8. The number of guanidine groups is 1. The Morgan fingerprint density at radius 3 is 2.70 bits per heavy atom. The second kappa shape index (κ2) is 5.80. The lowest BCUT2D eigenvalue weighted by atomic mass is 10.1. The molecule has 8 heteroatoms. The Kier molecular flexibility index (Phi) is 4.29. The number of nitrogens with zero attached hydrogens (tertiary/aromatic N) is 3. The number of hydrogen-bond donors (Lipinski definition) is 1. The van der Waals surface area contributed by atoms with Crippen LogP contribution in [0.25, 0.3) is 0 Å². The fourth-order valence-electron chi connectivity index (χ4n) is 1.71. The fraction of sp³-hybridized carbons (Fsp3) is 0.333. The van der Waals surface area contributed by atoms with Gasteiger partial charge < -0.3 is 5.73 Å². The highest BCUT2D eigenvalue weighted by Crippen LogP contribution is 2.17. The van der Waals surface area contributed by atoms with Crippen LogP contribution in [0.5, 0.6) is 0 Å². The standard InChI is InChI=1S/C12H15ClN4O2S/c1-2-9-7-15-17(8-9)12(14)16-20(18,19)11-5-3-10(13)4-6-11/h3-7,9H,2,8H2,1H3,(H2,14,16). The molecule has 0 amide bonds. The van der Waals surface area contributed by atoms with Crippen molar-refractivity contribution in [1.29, 1.82) is 0 Å². The van der Waals surface area contributed by atoms with E-state index in [-0.39, 0.29) is 16.8 Å². The normalized spacial score (nSPS) is 19.6. The van der Waals surface area contributed by atoms with Crippen LogP contribution in [0.3, 0.4) is 0 Å². The lowest BCUT2D eigenvalue weighted by molar-refractivity contribution is 0.436. The zero-order valence-electron chi connectivity index (χ0n) is 10.9. The summed E-state index contributed by atoms with van der Waals surface area (Å²) in [5.41, 5.74) is 5.71. The fourth-order valence-corrected chi connectivity index (χ4v) is 2.76. The summed E-state index contributed by atoms with van der Waals surface area (Å²) in [4.78, 5) is 0.0417. The van der Waals surface area contributed by atoms with Crippen LogP contribution >= 0.6 is 11.6 Å². The summed E-state index contributed by atoms with van der Waals surface area (Å²) in [6, 6.07) is 5.75. The second-order valence-corrected chi connectivity index (χ2v) is 6.43. The van der Waals surface area contributed by atoms with Gasteiger partial charge in [-0.1, -0.05) is 18.5 Å². The predicted molar refractivity (Wildman–Crippen MR) is 79.2 cm³/mol. The SMILES string of the molecule is CCC1C=NN(C(N)=NS(=O)(=O)c2ccc(Cl)cc2)C1. The second-order valence-electron chi connectivity index (χ2n) is 4.39. The van der Waals surface area contributed by atoms with Gasteiger partial charge in [0, 0.05) is 17.2 Å². The number of hydrazone groups is 1. The van der Waals surface area contributed by atoms with Gasteiger partial charge in [0.1, 0.15) is 0 Å². The van der Waals surface area contributed by atoms with E-state index in [1.54, 1.807) is 6.21 Å². The van der Waals surface area contributed by atoms with Gasteiger partial charge in [-0.25, -0.2) is 5.01 Å². The van der Waals surface area contributed by atoms with Crippen LogP contribution in [-0.4, -0.2) is 32.1 Å². The summed E-state index contributed by atoms with van der Waals surface area (Å²) in [6.07, 6.45) is 2.66. The molecular formula is C12H15ClN4O2S. The van der Waals surface area contributed by atoms with Gasteiger partial charge in [-0.05, 0) is 30.7 Å². The largest absolute Gasteiger partial charge is 0.367 e. The minimum atomic E-state index is -3.85. The van der Waals surface area contributed by atoms with E-state index in [0.717, 1.165) is 6.42 Å². The molecule has 1 aromatic rings. The molecule has 1 aromatic carbocycles. The first-order valence-electron chi connectivity index (χ1n) is 6.10. The number of hydrogen-bond acceptors (Lipinski definition) is 3. The van der Waals surface area contributed by atoms with Crippen LogP contribution in [0.2, 0.25) is 5.02 Å². The van der Waals surface area contributed by atoms with E-state index < -0.39 is 10.0 Å². The van der Waals surface area contributed by atoms with Crippen molar-refractivity contribution in [1.82, 2.24) is 5.01 Å². The third-order valence-corrected chi connectivity index (χ3v) is 4.49. The van der Waals surface area contributed by atoms with Crippen LogP contribution in [0, 0.1) is 5.92 Å². The Morgan fingerprint density at radius 2 is 2.15 bits per heavy atom. The van der Waals surface area contributed by atoms with Crippen molar-refractivity contribution < 1.29 is 8.42 Å². The number of halogens is 1. The molecule has 0 saturated carbocycles. The molecule has 0 saturated heterocycles. The van der Waals surface area contributed by atoms with E-state index in [4.69, 9.17) is 17.3 Å². The number of benzene rings is 1. The molecule has 6 nitrogen and oxygen atoms in total. The van der Waals surface area contributed by atoms with Crippen molar-refractivity contribution in [2.45, 2.75) is 18.2 Å². The molecule has 1 heterocycles. The summed E-state index contributed by atoms with van der Waals surface area (Å²) >= 11 is 5.72. The van der Waals surface area contributed by atoms with Crippen molar-refractivity contribution in [3.8, 4) is 0 Å². The molecule has 1 aliphatic rings. The van der Waals surface area contributed by atoms with Gasteiger partial charge >= 0.3 is 0 Å². The van der Waals surface area contributed by atoms with Gasteiger partial charge in [0.25, 0.3) is 10.0 Å². The molecule has 108 valence electrons. The van der Waals surface area contributed by atoms with Crippen molar-refractivity contribution in [3.05, 3.63) is 29.3 Å². The molecule has 0 fully saturated rings.